The lowest BCUT2D eigenvalue weighted by Crippen LogP contribution is -2.38. The molecule has 0 saturated carbocycles. The summed E-state index contributed by atoms with van der Waals surface area (Å²) in [7, 11) is 2.12. The van der Waals surface area contributed by atoms with Crippen molar-refractivity contribution in [3.63, 3.8) is 0 Å². The van der Waals surface area contributed by atoms with Gasteiger partial charge in [-0.2, -0.15) is 0 Å². The molecule has 26 heavy (non-hydrogen) atoms. The van der Waals surface area contributed by atoms with Gasteiger partial charge in [0.15, 0.2) is 0 Å². The van der Waals surface area contributed by atoms with Crippen LogP contribution in [0.15, 0.2) is 54.7 Å². The van der Waals surface area contributed by atoms with Gasteiger partial charge in [-0.1, -0.05) is 48.0 Å². The predicted octanol–water partition coefficient (Wildman–Crippen LogP) is 4.44. The number of nitrogens with zero attached hydrogens (tertiary/aromatic N) is 2. The first-order chi connectivity index (χ1) is 12.6. The van der Waals surface area contributed by atoms with Gasteiger partial charge >= 0.3 is 0 Å². The van der Waals surface area contributed by atoms with Crippen LogP contribution in [0.1, 0.15) is 35.4 Å². The largest absolute Gasteiger partial charge is 0.350 e. The van der Waals surface area contributed by atoms with Crippen LogP contribution in [0.4, 0.5) is 0 Å². The molecule has 0 aliphatic carbocycles. The van der Waals surface area contributed by atoms with E-state index in [1.54, 1.807) is 0 Å². The molecule has 4 rings (SSSR count). The van der Waals surface area contributed by atoms with Crippen LogP contribution in [0, 0.1) is 6.92 Å². The second-order valence-electron chi connectivity index (χ2n) is 7.53. The molecule has 0 spiro atoms. The van der Waals surface area contributed by atoms with Crippen molar-refractivity contribution in [3.8, 4) is 0 Å². The van der Waals surface area contributed by atoms with E-state index in [1.165, 1.54) is 22.0 Å². The topological polar surface area (TPSA) is 25.2 Å². The summed E-state index contributed by atoms with van der Waals surface area (Å²) in [4.78, 5) is 14.7. The zero-order valence-electron chi connectivity index (χ0n) is 15.6. The molecule has 0 bridgehead atoms. The van der Waals surface area contributed by atoms with Crippen molar-refractivity contribution in [2.24, 2.45) is 7.05 Å². The number of hydrogen-bond donors (Lipinski definition) is 0. The number of hydrogen-bond acceptors (Lipinski definition) is 1. The Morgan fingerprint density at radius 1 is 1.08 bits per heavy atom. The summed E-state index contributed by atoms with van der Waals surface area (Å²) >= 11 is 0. The summed E-state index contributed by atoms with van der Waals surface area (Å²) < 4.78 is 2.22. The number of fused-ring (bicyclic) bond motifs is 1. The number of carbonyl (C=O) groups excluding carboxylic acids is 1. The van der Waals surface area contributed by atoms with Crippen molar-refractivity contribution in [1.29, 1.82) is 0 Å². The SMILES string of the molecule is Cc1cccc(CC(=O)N2CCC(c3cn(C)c4ccccc34)CC2)c1. The number of para-hydroxylation sites is 1. The standard InChI is InChI=1S/C23H26N2O/c1-17-6-5-7-18(14-17)15-23(26)25-12-10-19(11-13-25)21-16-24(2)22-9-4-3-8-20(21)22/h3-9,14,16,19H,10-13,15H2,1-2H3. The first-order valence-corrected chi connectivity index (χ1v) is 9.49. The van der Waals surface area contributed by atoms with Gasteiger partial charge in [-0.3, -0.25) is 4.79 Å². The monoisotopic (exact) mass is 346 g/mol. The number of aromatic nitrogens is 1. The quantitative estimate of drug-likeness (QED) is 0.688. The molecule has 1 saturated heterocycles. The van der Waals surface area contributed by atoms with Crippen molar-refractivity contribution in [3.05, 3.63) is 71.4 Å². The summed E-state index contributed by atoms with van der Waals surface area (Å²) in [6.07, 6.45) is 4.89. The lowest BCUT2D eigenvalue weighted by atomic mass is 9.89. The number of aryl methyl sites for hydroxylation is 2. The third-order valence-corrected chi connectivity index (χ3v) is 5.65. The van der Waals surface area contributed by atoms with E-state index >= 15 is 0 Å². The van der Waals surface area contributed by atoms with E-state index in [-0.39, 0.29) is 5.91 Å². The van der Waals surface area contributed by atoms with E-state index in [0.29, 0.717) is 12.3 Å². The molecule has 134 valence electrons. The van der Waals surface area contributed by atoms with Crippen LogP contribution in [-0.4, -0.2) is 28.5 Å². The van der Waals surface area contributed by atoms with Gasteiger partial charge in [0, 0.05) is 37.2 Å². The first-order valence-electron chi connectivity index (χ1n) is 9.49. The molecule has 1 aliphatic rings. The van der Waals surface area contributed by atoms with E-state index in [1.807, 2.05) is 17.0 Å². The third-order valence-electron chi connectivity index (χ3n) is 5.65. The Hall–Kier alpha value is -2.55. The van der Waals surface area contributed by atoms with E-state index < -0.39 is 0 Å². The molecule has 1 aliphatic heterocycles. The minimum atomic E-state index is 0.256. The van der Waals surface area contributed by atoms with Crippen molar-refractivity contribution in [2.45, 2.75) is 32.1 Å². The molecular formula is C23H26N2O. The summed E-state index contributed by atoms with van der Waals surface area (Å²) in [6.45, 7) is 3.79. The Labute approximate surface area is 155 Å². The van der Waals surface area contributed by atoms with E-state index in [9.17, 15) is 4.79 Å². The summed E-state index contributed by atoms with van der Waals surface area (Å²) in [6, 6.07) is 16.9. The normalized spacial score (nSPS) is 15.5. The molecule has 3 heteroatoms. The van der Waals surface area contributed by atoms with Gasteiger partial charge in [-0.05, 0) is 42.9 Å². The van der Waals surface area contributed by atoms with Crippen LogP contribution >= 0.6 is 0 Å². The van der Waals surface area contributed by atoms with Crippen LogP contribution in [0.3, 0.4) is 0 Å². The summed E-state index contributed by atoms with van der Waals surface area (Å²) in [5.41, 5.74) is 5.06. The molecule has 1 fully saturated rings. The van der Waals surface area contributed by atoms with Crippen LogP contribution < -0.4 is 0 Å². The molecule has 0 atom stereocenters. The lowest BCUT2D eigenvalue weighted by Gasteiger charge is -2.32. The second kappa shape index (κ2) is 6.99. The minimum absolute atomic E-state index is 0.256. The molecule has 0 radical (unpaired) electrons. The van der Waals surface area contributed by atoms with Crippen LogP contribution in [0.25, 0.3) is 10.9 Å². The van der Waals surface area contributed by atoms with Crippen molar-refractivity contribution >= 4 is 16.8 Å². The van der Waals surface area contributed by atoms with Gasteiger partial charge in [-0.25, -0.2) is 0 Å². The fourth-order valence-electron chi connectivity index (χ4n) is 4.25. The van der Waals surface area contributed by atoms with Gasteiger partial charge < -0.3 is 9.47 Å². The van der Waals surface area contributed by atoms with Gasteiger partial charge in [0.05, 0.1) is 6.42 Å². The number of benzene rings is 2. The predicted molar refractivity (Wildman–Crippen MR) is 106 cm³/mol. The first kappa shape index (κ1) is 16.9. The maximum absolute atomic E-state index is 12.7. The van der Waals surface area contributed by atoms with Crippen LogP contribution in [0.5, 0.6) is 0 Å². The Balaban J connectivity index is 1.43. The molecule has 2 aromatic carbocycles. The average Bonchev–Trinajstić information content (AvgIpc) is 2.99. The highest BCUT2D eigenvalue weighted by Crippen LogP contribution is 2.34. The minimum Gasteiger partial charge on any atom is -0.350 e. The highest BCUT2D eigenvalue weighted by atomic mass is 16.2. The molecule has 3 aromatic rings. The van der Waals surface area contributed by atoms with Crippen LogP contribution in [-0.2, 0) is 18.3 Å². The van der Waals surface area contributed by atoms with Crippen molar-refractivity contribution < 1.29 is 4.79 Å². The molecule has 0 N–H and O–H groups in total. The lowest BCUT2D eigenvalue weighted by molar-refractivity contribution is -0.131. The fraction of sp³-hybridized carbons (Fsp3) is 0.348. The van der Waals surface area contributed by atoms with E-state index in [2.05, 4.69) is 61.1 Å². The average molecular weight is 346 g/mol. The molecule has 1 amide bonds. The third kappa shape index (κ3) is 3.26. The van der Waals surface area contributed by atoms with E-state index in [4.69, 9.17) is 0 Å². The van der Waals surface area contributed by atoms with Gasteiger partial charge in [-0.15, -0.1) is 0 Å². The molecule has 0 unspecified atom stereocenters. The summed E-state index contributed by atoms with van der Waals surface area (Å²) in [5, 5.41) is 1.36. The highest BCUT2D eigenvalue weighted by molar-refractivity contribution is 5.84. The maximum atomic E-state index is 12.7. The molecular weight excluding hydrogens is 320 g/mol. The molecule has 2 heterocycles. The number of piperidine rings is 1. The molecule has 3 nitrogen and oxygen atoms in total. The van der Waals surface area contributed by atoms with Gasteiger partial charge in [0.1, 0.15) is 0 Å². The van der Waals surface area contributed by atoms with Crippen LogP contribution in [0.2, 0.25) is 0 Å². The maximum Gasteiger partial charge on any atom is 0.226 e. The Morgan fingerprint density at radius 2 is 1.85 bits per heavy atom. The van der Waals surface area contributed by atoms with Gasteiger partial charge in [0.25, 0.3) is 0 Å². The smallest absolute Gasteiger partial charge is 0.226 e. The Kier molecular flexibility index (Phi) is 4.54. The number of amides is 1. The van der Waals surface area contributed by atoms with Gasteiger partial charge in [0.2, 0.25) is 5.91 Å². The fourth-order valence-corrected chi connectivity index (χ4v) is 4.25. The molecule has 1 aromatic heterocycles. The van der Waals surface area contributed by atoms with E-state index in [0.717, 1.165) is 31.5 Å². The van der Waals surface area contributed by atoms with Crippen molar-refractivity contribution in [2.75, 3.05) is 13.1 Å². The number of carbonyl (C=O) groups is 1. The zero-order valence-corrected chi connectivity index (χ0v) is 15.6. The number of rotatable bonds is 3. The Morgan fingerprint density at radius 3 is 2.62 bits per heavy atom. The Bertz CT molecular complexity index is 932. The highest BCUT2D eigenvalue weighted by Gasteiger charge is 2.25. The van der Waals surface area contributed by atoms with Crippen molar-refractivity contribution in [1.82, 2.24) is 9.47 Å². The summed E-state index contributed by atoms with van der Waals surface area (Å²) in [5.74, 6) is 0.802. The number of likely N-dealkylation sites (tertiary alicyclic amines) is 1. The zero-order chi connectivity index (χ0) is 18.1. The second-order valence-corrected chi connectivity index (χ2v) is 7.53.